The Hall–Kier alpha value is -1.11. The summed E-state index contributed by atoms with van der Waals surface area (Å²) < 4.78 is 26.8. The number of carboxylic acid groups (broad SMARTS) is 1. The predicted octanol–water partition coefficient (Wildman–Crippen LogP) is 2.46. The SMILES string of the molecule is O=C(O)c1cc(S(=O)(=O)N2CC3CCCC3C2)ccc1Cl. The first-order chi connectivity index (χ1) is 9.89. The zero-order chi connectivity index (χ0) is 15.2. The van der Waals surface area contributed by atoms with E-state index in [0.29, 0.717) is 24.9 Å². The zero-order valence-corrected chi connectivity index (χ0v) is 12.9. The van der Waals surface area contributed by atoms with E-state index < -0.39 is 16.0 Å². The maximum absolute atomic E-state index is 12.6. The number of nitrogens with zero attached hydrogens (tertiary/aromatic N) is 1. The largest absolute Gasteiger partial charge is 0.478 e. The van der Waals surface area contributed by atoms with E-state index >= 15 is 0 Å². The van der Waals surface area contributed by atoms with Crippen LogP contribution in [0.1, 0.15) is 29.6 Å². The van der Waals surface area contributed by atoms with E-state index in [4.69, 9.17) is 16.7 Å². The lowest BCUT2D eigenvalue weighted by molar-refractivity contribution is 0.0697. The molecule has 0 bridgehead atoms. The van der Waals surface area contributed by atoms with Gasteiger partial charge in [-0.25, -0.2) is 13.2 Å². The summed E-state index contributed by atoms with van der Waals surface area (Å²) in [5, 5.41) is 9.10. The second-order valence-corrected chi connectivity index (χ2v) is 8.07. The quantitative estimate of drug-likeness (QED) is 0.924. The number of carbonyl (C=O) groups is 1. The second kappa shape index (κ2) is 5.26. The van der Waals surface area contributed by atoms with Crippen LogP contribution in [0.15, 0.2) is 23.1 Å². The van der Waals surface area contributed by atoms with E-state index in [1.54, 1.807) is 0 Å². The van der Waals surface area contributed by atoms with Gasteiger partial charge in [0.2, 0.25) is 10.0 Å². The molecule has 2 aliphatic rings. The number of sulfonamides is 1. The Kier molecular flexibility index (Phi) is 3.71. The zero-order valence-electron chi connectivity index (χ0n) is 11.3. The molecule has 1 saturated heterocycles. The van der Waals surface area contributed by atoms with E-state index in [9.17, 15) is 13.2 Å². The summed E-state index contributed by atoms with van der Waals surface area (Å²) in [5.41, 5.74) is -0.183. The first-order valence-corrected chi connectivity index (χ1v) is 8.74. The van der Waals surface area contributed by atoms with E-state index in [2.05, 4.69) is 0 Å². The minimum atomic E-state index is -3.64. The molecule has 21 heavy (non-hydrogen) atoms. The van der Waals surface area contributed by atoms with E-state index in [1.807, 2.05) is 0 Å². The van der Waals surface area contributed by atoms with E-state index in [1.165, 1.54) is 22.9 Å². The van der Waals surface area contributed by atoms with Gasteiger partial charge in [0.25, 0.3) is 0 Å². The normalized spacial score (nSPS) is 26.0. The summed E-state index contributed by atoms with van der Waals surface area (Å²) in [7, 11) is -3.64. The third-order valence-electron chi connectivity index (χ3n) is 4.50. The smallest absolute Gasteiger partial charge is 0.337 e. The third-order valence-corrected chi connectivity index (χ3v) is 6.66. The van der Waals surface area contributed by atoms with Crippen LogP contribution in [-0.2, 0) is 10.0 Å². The van der Waals surface area contributed by atoms with Gasteiger partial charge in [-0.05, 0) is 42.9 Å². The summed E-state index contributed by atoms with van der Waals surface area (Å²) in [6.45, 7) is 1.08. The Balaban J connectivity index is 1.92. The van der Waals surface area contributed by atoms with Crippen LogP contribution in [-0.4, -0.2) is 36.9 Å². The van der Waals surface area contributed by atoms with Gasteiger partial charge >= 0.3 is 5.97 Å². The fraction of sp³-hybridized carbons (Fsp3) is 0.500. The molecule has 1 N–H and O–H groups in total. The lowest BCUT2D eigenvalue weighted by atomic mass is 10.0. The first kappa shape index (κ1) is 14.8. The van der Waals surface area contributed by atoms with Gasteiger partial charge in [-0.1, -0.05) is 18.0 Å². The standard InChI is InChI=1S/C14H16ClNO4S/c15-13-5-4-11(6-12(13)14(17)18)21(19,20)16-7-9-2-1-3-10(9)8-16/h4-6,9-10H,1-3,7-8H2,(H,17,18). The van der Waals surface area contributed by atoms with Gasteiger partial charge in [0, 0.05) is 13.1 Å². The highest BCUT2D eigenvalue weighted by Gasteiger charge is 2.41. The molecule has 5 nitrogen and oxygen atoms in total. The van der Waals surface area contributed by atoms with Crippen LogP contribution < -0.4 is 0 Å². The molecule has 114 valence electrons. The van der Waals surface area contributed by atoms with Crippen molar-refractivity contribution >= 4 is 27.6 Å². The second-order valence-electron chi connectivity index (χ2n) is 5.72. The minimum Gasteiger partial charge on any atom is -0.478 e. The number of aromatic carboxylic acids is 1. The topological polar surface area (TPSA) is 74.7 Å². The number of fused-ring (bicyclic) bond motifs is 1. The van der Waals surface area contributed by atoms with Gasteiger partial charge in [0.15, 0.2) is 0 Å². The van der Waals surface area contributed by atoms with Crippen molar-refractivity contribution in [1.29, 1.82) is 0 Å². The molecule has 3 rings (SSSR count). The molecule has 1 aromatic rings. The molecule has 2 unspecified atom stereocenters. The Labute approximate surface area is 128 Å². The van der Waals surface area contributed by atoms with Crippen molar-refractivity contribution in [1.82, 2.24) is 4.31 Å². The van der Waals surface area contributed by atoms with Crippen LogP contribution in [0.5, 0.6) is 0 Å². The van der Waals surface area contributed by atoms with E-state index in [0.717, 1.165) is 18.9 Å². The molecule has 1 aromatic carbocycles. The van der Waals surface area contributed by atoms with Crippen molar-refractivity contribution in [3.8, 4) is 0 Å². The molecule has 0 radical (unpaired) electrons. The van der Waals surface area contributed by atoms with Crippen molar-refractivity contribution in [3.63, 3.8) is 0 Å². The van der Waals surface area contributed by atoms with Crippen molar-refractivity contribution in [2.24, 2.45) is 11.8 Å². The molecular formula is C14H16ClNO4S. The summed E-state index contributed by atoms with van der Waals surface area (Å²) >= 11 is 5.79. The molecule has 1 aliphatic carbocycles. The van der Waals surface area contributed by atoms with Gasteiger partial charge in [0.1, 0.15) is 0 Å². The number of benzene rings is 1. The lowest BCUT2D eigenvalue weighted by Crippen LogP contribution is -2.29. The molecule has 0 spiro atoms. The molecule has 1 saturated carbocycles. The highest BCUT2D eigenvalue weighted by Crippen LogP contribution is 2.39. The molecule has 1 aliphatic heterocycles. The van der Waals surface area contributed by atoms with Crippen molar-refractivity contribution in [2.45, 2.75) is 24.2 Å². The molecule has 2 fully saturated rings. The number of carboxylic acids is 1. The number of hydrogen-bond acceptors (Lipinski definition) is 3. The fourth-order valence-corrected chi connectivity index (χ4v) is 5.14. The number of hydrogen-bond donors (Lipinski definition) is 1. The summed E-state index contributed by atoms with van der Waals surface area (Å²) in [6, 6.07) is 3.85. The van der Waals surface area contributed by atoms with Crippen molar-refractivity contribution < 1.29 is 18.3 Å². The van der Waals surface area contributed by atoms with Crippen molar-refractivity contribution in [2.75, 3.05) is 13.1 Å². The molecule has 2 atom stereocenters. The third kappa shape index (κ3) is 2.56. The Morgan fingerprint density at radius 3 is 2.43 bits per heavy atom. The lowest BCUT2D eigenvalue weighted by Gasteiger charge is -2.17. The molecule has 0 amide bonds. The summed E-state index contributed by atoms with van der Waals surface area (Å²) in [4.78, 5) is 11.1. The highest BCUT2D eigenvalue weighted by atomic mass is 35.5. The first-order valence-electron chi connectivity index (χ1n) is 6.92. The highest BCUT2D eigenvalue weighted by molar-refractivity contribution is 7.89. The molecule has 1 heterocycles. The van der Waals surface area contributed by atoms with Crippen molar-refractivity contribution in [3.05, 3.63) is 28.8 Å². The number of halogens is 1. The predicted molar refractivity (Wildman–Crippen MR) is 78.0 cm³/mol. The van der Waals surface area contributed by atoms with Crippen LogP contribution in [0.3, 0.4) is 0 Å². The van der Waals surface area contributed by atoms with Crippen LogP contribution in [0.25, 0.3) is 0 Å². The van der Waals surface area contributed by atoms with Gasteiger partial charge in [0.05, 0.1) is 15.5 Å². The van der Waals surface area contributed by atoms with Gasteiger partial charge < -0.3 is 5.11 Å². The fourth-order valence-electron chi connectivity index (χ4n) is 3.37. The van der Waals surface area contributed by atoms with Crippen LogP contribution >= 0.6 is 11.6 Å². The Bertz CT molecular complexity index is 676. The van der Waals surface area contributed by atoms with Crippen LogP contribution in [0, 0.1) is 11.8 Å². The molecule has 0 aromatic heterocycles. The van der Waals surface area contributed by atoms with Gasteiger partial charge in [-0.15, -0.1) is 0 Å². The summed E-state index contributed by atoms with van der Waals surface area (Å²) in [6.07, 6.45) is 3.34. The van der Waals surface area contributed by atoms with Crippen LogP contribution in [0.4, 0.5) is 0 Å². The maximum Gasteiger partial charge on any atom is 0.337 e. The molecule has 7 heteroatoms. The minimum absolute atomic E-state index is 0.00396. The Morgan fingerprint density at radius 1 is 1.24 bits per heavy atom. The van der Waals surface area contributed by atoms with Crippen LogP contribution in [0.2, 0.25) is 5.02 Å². The van der Waals surface area contributed by atoms with Gasteiger partial charge in [-0.2, -0.15) is 4.31 Å². The average molecular weight is 330 g/mol. The average Bonchev–Trinajstić information content (AvgIpc) is 2.99. The van der Waals surface area contributed by atoms with Gasteiger partial charge in [-0.3, -0.25) is 0 Å². The molecular weight excluding hydrogens is 314 g/mol. The summed E-state index contributed by atoms with van der Waals surface area (Å²) in [5.74, 6) is -0.326. The number of rotatable bonds is 3. The van der Waals surface area contributed by atoms with E-state index in [-0.39, 0.29) is 15.5 Å². The maximum atomic E-state index is 12.6. The monoisotopic (exact) mass is 329 g/mol. The Morgan fingerprint density at radius 2 is 1.86 bits per heavy atom.